The van der Waals surface area contributed by atoms with Gasteiger partial charge in [-0.3, -0.25) is 11.3 Å². The Morgan fingerprint density at radius 2 is 2.07 bits per heavy atom. The zero-order chi connectivity index (χ0) is 10.5. The summed E-state index contributed by atoms with van der Waals surface area (Å²) in [6, 6.07) is 10.7. The predicted octanol–water partition coefficient (Wildman–Crippen LogP) is 2.04. The Labute approximate surface area is 99.4 Å². The van der Waals surface area contributed by atoms with E-state index < -0.39 is 0 Å². The molecule has 1 aromatic rings. The minimum atomic E-state index is 0.281. The van der Waals surface area contributed by atoms with Crippen LogP contribution in [0.3, 0.4) is 0 Å². The molecular weight excluding hydrogens is 224 g/mol. The number of nitrogens with one attached hydrogen (secondary N) is 1. The summed E-state index contributed by atoms with van der Waals surface area (Å²) >= 11 is 4.05. The topological polar surface area (TPSA) is 38.0 Å². The van der Waals surface area contributed by atoms with E-state index in [0.717, 1.165) is 0 Å². The van der Waals surface area contributed by atoms with Gasteiger partial charge in [0.05, 0.1) is 6.04 Å². The Bertz CT molecular complexity index is 286. The van der Waals surface area contributed by atoms with Gasteiger partial charge in [0.25, 0.3) is 0 Å². The largest absolute Gasteiger partial charge is 0.271 e. The van der Waals surface area contributed by atoms with Crippen molar-refractivity contribution < 1.29 is 0 Å². The second kappa shape index (κ2) is 5.80. The lowest BCUT2D eigenvalue weighted by molar-refractivity contribution is 0.553. The van der Waals surface area contributed by atoms with Gasteiger partial charge < -0.3 is 0 Å². The maximum Gasteiger partial charge on any atom is 0.0586 e. The lowest BCUT2D eigenvalue weighted by atomic mass is 10.1. The van der Waals surface area contributed by atoms with Crippen molar-refractivity contribution in [1.29, 1.82) is 0 Å². The van der Waals surface area contributed by atoms with E-state index in [-0.39, 0.29) is 6.04 Å². The van der Waals surface area contributed by atoms with Crippen LogP contribution in [0.15, 0.2) is 30.3 Å². The molecule has 2 nitrogen and oxygen atoms in total. The Hall–Kier alpha value is -0.160. The van der Waals surface area contributed by atoms with Crippen LogP contribution in [-0.4, -0.2) is 22.5 Å². The highest BCUT2D eigenvalue weighted by Gasteiger charge is 2.24. The zero-order valence-corrected chi connectivity index (χ0v) is 10.2. The monoisotopic (exact) mass is 240 g/mol. The zero-order valence-electron chi connectivity index (χ0n) is 8.56. The molecule has 0 radical (unpaired) electrons. The lowest BCUT2D eigenvalue weighted by Crippen LogP contribution is -2.37. The Kier molecular flexibility index (Phi) is 4.38. The maximum atomic E-state index is 5.66. The van der Waals surface area contributed by atoms with Gasteiger partial charge in [-0.2, -0.15) is 23.5 Å². The van der Waals surface area contributed by atoms with Crippen molar-refractivity contribution in [2.75, 3.05) is 17.3 Å². The van der Waals surface area contributed by atoms with E-state index in [2.05, 4.69) is 29.7 Å². The van der Waals surface area contributed by atoms with Gasteiger partial charge in [0.15, 0.2) is 0 Å². The number of rotatable bonds is 3. The summed E-state index contributed by atoms with van der Waals surface area (Å²) in [6.45, 7) is 0. The molecule has 1 fully saturated rings. The lowest BCUT2D eigenvalue weighted by Gasteiger charge is -2.29. The normalized spacial score (nSPS) is 23.7. The van der Waals surface area contributed by atoms with Gasteiger partial charge >= 0.3 is 0 Å². The highest BCUT2D eigenvalue weighted by atomic mass is 32.2. The van der Waals surface area contributed by atoms with Crippen molar-refractivity contribution in [1.82, 2.24) is 5.43 Å². The molecule has 2 rings (SSSR count). The number of hydrazine groups is 1. The number of thioether (sulfide) groups is 2. The second-order valence-electron chi connectivity index (χ2n) is 3.54. The van der Waals surface area contributed by atoms with Gasteiger partial charge in [0.1, 0.15) is 0 Å². The van der Waals surface area contributed by atoms with E-state index >= 15 is 0 Å². The van der Waals surface area contributed by atoms with Crippen LogP contribution in [-0.2, 0) is 0 Å². The first-order valence-electron chi connectivity index (χ1n) is 5.12. The second-order valence-corrected chi connectivity index (χ2v) is 6.04. The van der Waals surface area contributed by atoms with Crippen LogP contribution in [0, 0.1) is 0 Å². The maximum absolute atomic E-state index is 5.66. The average molecular weight is 240 g/mol. The number of hydrogen-bond donors (Lipinski definition) is 2. The fraction of sp³-hybridized carbons (Fsp3) is 0.455. The molecule has 82 valence electrons. The molecular formula is C11H16N2S2. The van der Waals surface area contributed by atoms with Gasteiger partial charge in [-0.15, -0.1) is 0 Å². The van der Waals surface area contributed by atoms with Crippen LogP contribution in [0.4, 0.5) is 0 Å². The third-order valence-electron chi connectivity index (χ3n) is 2.55. The molecule has 0 saturated carbocycles. The van der Waals surface area contributed by atoms with Crippen molar-refractivity contribution in [2.24, 2.45) is 5.84 Å². The van der Waals surface area contributed by atoms with Crippen molar-refractivity contribution in [2.45, 2.75) is 11.3 Å². The quantitative estimate of drug-likeness (QED) is 0.626. The molecule has 1 aliphatic heterocycles. The molecule has 15 heavy (non-hydrogen) atoms. The number of benzene rings is 1. The highest BCUT2D eigenvalue weighted by Crippen LogP contribution is 2.32. The first kappa shape index (κ1) is 11.3. The summed E-state index contributed by atoms with van der Waals surface area (Å²) in [5, 5.41) is 0.594. The molecule has 0 aliphatic carbocycles. The van der Waals surface area contributed by atoms with Gasteiger partial charge in [-0.05, 0) is 5.56 Å². The van der Waals surface area contributed by atoms with Crippen molar-refractivity contribution >= 4 is 23.5 Å². The first-order chi connectivity index (χ1) is 7.42. The Morgan fingerprint density at radius 1 is 1.27 bits per heavy atom. The van der Waals surface area contributed by atoms with Gasteiger partial charge in [0.2, 0.25) is 0 Å². The molecule has 0 bridgehead atoms. The van der Waals surface area contributed by atoms with E-state index in [1.807, 2.05) is 29.6 Å². The van der Waals surface area contributed by atoms with Crippen LogP contribution in [0.5, 0.6) is 0 Å². The Balaban J connectivity index is 2.09. The molecule has 1 aromatic carbocycles. The molecule has 1 aliphatic rings. The molecule has 0 amide bonds. The summed E-state index contributed by atoms with van der Waals surface area (Å²) in [7, 11) is 0. The SMILES string of the molecule is NNC(c1ccccc1)C1CSCCS1. The predicted molar refractivity (Wildman–Crippen MR) is 70.1 cm³/mol. The molecule has 2 unspecified atom stereocenters. The summed E-state index contributed by atoms with van der Waals surface area (Å²) in [5.41, 5.74) is 4.25. The van der Waals surface area contributed by atoms with Crippen LogP contribution < -0.4 is 11.3 Å². The first-order valence-corrected chi connectivity index (χ1v) is 7.32. The van der Waals surface area contributed by atoms with Gasteiger partial charge in [0, 0.05) is 22.5 Å². The fourth-order valence-electron chi connectivity index (χ4n) is 1.78. The summed E-state index contributed by atoms with van der Waals surface area (Å²) in [4.78, 5) is 0. The van der Waals surface area contributed by atoms with Gasteiger partial charge in [-0.1, -0.05) is 30.3 Å². The molecule has 1 heterocycles. The summed E-state index contributed by atoms with van der Waals surface area (Å²) in [6.07, 6.45) is 0. The molecule has 0 spiro atoms. The molecule has 3 N–H and O–H groups in total. The highest BCUT2D eigenvalue weighted by molar-refractivity contribution is 8.06. The van der Waals surface area contributed by atoms with Gasteiger partial charge in [-0.25, -0.2) is 0 Å². The molecule has 0 aromatic heterocycles. The van der Waals surface area contributed by atoms with E-state index in [9.17, 15) is 0 Å². The van der Waals surface area contributed by atoms with Crippen LogP contribution >= 0.6 is 23.5 Å². The van der Waals surface area contributed by atoms with E-state index in [0.29, 0.717) is 5.25 Å². The van der Waals surface area contributed by atoms with Crippen LogP contribution in [0.1, 0.15) is 11.6 Å². The smallest absolute Gasteiger partial charge is 0.0586 e. The van der Waals surface area contributed by atoms with Crippen molar-refractivity contribution in [3.63, 3.8) is 0 Å². The van der Waals surface area contributed by atoms with E-state index in [1.54, 1.807) is 0 Å². The van der Waals surface area contributed by atoms with E-state index in [4.69, 9.17) is 5.84 Å². The van der Waals surface area contributed by atoms with Crippen LogP contribution in [0.2, 0.25) is 0 Å². The third kappa shape index (κ3) is 2.91. The molecule has 4 heteroatoms. The average Bonchev–Trinajstić information content (AvgIpc) is 2.33. The third-order valence-corrected chi connectivity index (χ3v) is 5.42. The fourth-order valence-corrected chi connectivity index (χ4v) is 4.63. The Morgan fingerprint density at radius 3 is 2.67 bits per heavy atom. The van der Waals surface area contributed by atoms with Crippen LogP contribution in [0.25, 0.3) is 0 Å². The standard InChI is InChI=1S/C11H16N2S2/c12-13-11(9-4-2-1-3-5-9)10-8-14-6-7-15-10/h1-5,10-11,13H,6-8,12H2. The molecule has 1 saturated heterocycles. The summed E-state index contributed by atoms with van der Waals surface area (Å²) < 4.78 is 0. The molecule has 2 atom stereocenters. The van der Waals surface area contributed by atoms with E-state index in [1.165, 1.54) is 22.8 Å². The minimum absolute atomic E-state index is 0.281. The van der Waals surface area contributed by atoms with Crippen molar-refractivity contribution in [3.05, 3.63) is 35.9 Å². The summed E-state index contributed by atoms with van der Waals surface area (Å²) in [5.74, 6) is 9.36. The van der Waals surface area contributed by atoms with Crippen molar-refractivity contribution in [3.8, 4) is 0 Å². The minimum Gasteiger partial charge on any atom is -0.271 e. The number of nitrogens with two attached hydrogens (primary N) is 1. The number of hydrogen-bond acceptors (Lipinski definition) is 4.